The first-order chi connectivity index (χ1) is 9.95. The number of aldehydes is 1. The zero-order valence-electron chi connectivity index (χ0n) is 12.1. The van der Waals surface area contributed by atoms with Crippen LogP contribution >= 0.6 is 11.6 Å². The Bertz CT molecular complexity index is 567. The third kappa shape index (κ3) is 4.91. The van der Waals surface area contributed by atoms with Crippen LogP contribution in [0.15, 0.2) is 18.2 Å². The lowest BCUT2D eigenvalue weighted by Gasteiger charge is -2.23. The van der Waals surface area contributed by atoms with Crippen molar-refractivity contribution in [3.8, 4) is 0 Å². The highest BCUT2D eigenvalue weighted by atomic mass is 35.5. The highest BCUT2D eigenvalue weighted by Gasteiger charge is 2.37. The summed E-state index contributed by atoms with van der Waals surface area (Å²) in [6.45, 7) is 4.75. The van der Waals surface area contributed by atoms with Crippen LogP contribution in [0.2, 0.25) is 5.02 Å². The molecule has 0 aliphatic heterocycles. The van der Waals surface area contributed by atoms with Crippen molar-refractivity contribution in [2.75, 3.05) is 0 Å². The first kappa shape index (κ1) is 18.3. The molecule has 0 aromatic heterocycles. The third-order valence-corrected chi connectivity index (χ3v) is 2.81. The average Bonchev–Trinajstić information content (AvgIpc) is 2.32. The lowest BCUT2D eigenvalue weighted by molar-refractivity contribution is -0.138. The number of alkyl carbamates (subject to hydrolysis) is 1. The minimum atomic E-state index is -4.71. The van der Waals surface area contributed by atoms with E-state index in [1.165, 1.54) is 6.07 Å². The first-order valence-corrected chi connectivity index (χ1v) is 6.64. The number of amides is 1. The molecule has 1 aromatic carbocycles. The third-order valence-electron chi connectivity index (χ3n) is 2.48. The predicted molar refractivity (Wildman–Crippen MR) is 74.6 cm³/mol. The molecule has 1 rings (SSSR count). The summed E-state index contributed by atoms with van der Waals surface area (Å²) in [7, 11) is 0. The van der Waals surface area contributed by atoms with E-state index < -0.39 is 35.0 Å². The summed E-state index contributed by atoms with van der Waals surface area (Å²) < 4.78 is 44.0. The molecule has 22 heavy (non-hydrogen) atoms. The second-order valence-electron chi connectivity index (χ2n) is 5.46. The molecule has 0 radical (unpaired) electrons. The van der Waals surface area contributed by atoms with Gasteiger partial charge in [0, 0.05) is 10.6 Å². The largest absolute Gasteiger partial charge is 0.444 e. The topological polar surface area (TPSA) is 55.4 Å². The van der Waals surface area contributed by atoms with Crippen LogP contribution in [-0.4, -0.2) is 18.0 Å². The van der Waals surface area contributed by atoms with Crippen molar-refractivity contribution in [1.29, 1.82) is 0 Å². The molecule has 0 bridgehead atoms. The molecule has 0 aliphatic carbocycles. The lowest BCUT2D eigenvalue weighted by Crippen LogP contribution is -2.36. The molecule has 0 heterocycles. The summed E-state index contributed by atoms with van der Waals surface area (Å²) in [6, 6.07) is 1.54. The minimum Gasteiger partial charge on any atom is -0.444 e. The maximum Gasteiger partial charge on any atom is 0.416 e. The van der Waals surface area contributed by atoms with Gasteiger partial charge < -0.3 is 14.8 Å². The van der Waals surface area contributed by atoms with E-state index in [1.807, 2.05) is 0 Å². The Morgan fingerprint density at radius 1 is 1.32 bits per heavy atom. The molecule has 8 heteroatoms. The van der Waals surface area contributed by atoms with Gasteiger partial charge >= 0.3 is 12.3 Å². The van der Waals surface area contributed by atoms with Crippen LogP contribution in [0.5, 0.6) is 0 Å². The van der Waals surface area contributed by atoms with E-state index in [2.05, 4.69) is 5.32 Å². The number of ether oxygens (including phenoxy) is 1. The molecule has 1 aromatic rings. The number of alkyl halides is 3. The fraction of sp³-hybridized carbons (Fsp3) is 0.429. The van der Waals surface area contributed by atoms with E-state index in [-0.39, 0.29) is 11.3 Å². The number of benzene rings is 1. The van der Waals surface area contributed by atoms with E-state index in [4.69, 9.17) is 16.3 Å². The monoisotopic (exact) mass is 337 g/mol. The molecule has 1 amide bonds. The van der Waals surface area contributed by atoms with Gasteiger partial charge in [-0.15, -0.1) is 0 Å². The van der Waals surface area contributed by atoms with Crippen LogP contribution < -0.4 is 5.32 Å². The van der Waals surface area contributed by atoms with Crippen LogP contribution in [0.25, 0.3) is 0 Å². The Balaban J connectivity index is 3.16. The van der Waals surface area contributed by atoms with Crippen LogP contribution in [0, 0.1) is 0 Å². The number of carbonyl (C=O) groups is 2. The number of halogens is 4. The number of nitrogens with one attached hydrogen (secondary N) is 1. The van der Waals surface area contributed by atoms with Crippen molar-refractivity contribution in [2.24, 2.45) is 0 Å². The zero-order chi connectivity index (χ0) is 17.1. The van der Waals surface area contributed by atoms with E-state index in [0.29, 0.717) is 0 Å². The van der Waals surface area contributed by atoms with Crippen LogP contribution in [0.4, 0.5) is 18.0 Å². The van der Waals surface area contributed by atoms with Gasteiger partial charge in [-0.2, -0.15) is 13.2 Å². The molecule has 0 saturated carbocycles. The summed E-state index contributed by atoms with van der Waals surface area (Å²) in [5, 5.41) is 1.80. The van der Waals surface area contributed by atoms with Crippen LogP contribution in [0.3, 0.4) is 0 Å². The van der Waals surface area contributed by atoms with Crippen molar-refractivity contribution < 1.29 is 27.5 Å². The Morgan fingerprint density at radius 2 is 1.91 bits per heavy atom. The standard InChI is InChI=1S/C14H15ClF3NO3/c1-13(2,3)22-12(21)19-10(7-20)11-8(14(16,17)18)5-4-6-9(11)15/h4-7,10H,1-3H3,(H,19,21). The van der Waals surface area contributed by atoms with Crippen molar-refractivity contribution in [2.45, 2.75) is 38.6 Å². The molecule has 4 nitrogen and oxygen atoms in total. The number of rotatable bonds is 3. The summed E-state index contributed by atoms with van der Waals surface area (Å²) in [4.78, 5) is 22.8. The van der Waals surface area contributed by atoms with Gasteiger partial charge in [-0.1, -0.05) is 17.7 Å². The molecular weight excluding hydrogens is 323 g/mol. The van der Waals surface area contributed by atoms with Gasteiger partial charge in [0.25, 0.3) is 0 Å². The molecule has 0 spiro atoms. The minimum absolute atomic E-state index is 0.167. The Morgan fingerprint density at radius 3 is 2.36 bits per heavy atom. The van der Waals surface area contributed by atoms with E-state index in [1.54, 1.807) is 20.8 Å². The highest BCUT2D eigenvalue weighted by Crippen LogP contribution is 2.37. The first-order valence-electron chi connectivity index (χ1n) is 6.26. The van der Waals surface area contributed by atoms with Crippen LogP contribution in [-0.2, 0) is 15.7 Å². The Labute approximate surface area is 130 Å². The number of carbonyl (C=O) groups excluding carboxylic acids is 2. The van der Waals surface area contributed by atoms with Crippen molar-refractivity contribution >= 4 is 24.0 Å². The maximum absolute atomic E-state index is 13.0. The molecule has 1 unspecified atom stereocenters. The van der Waals surface area contributed by atoms with Crippen LogP contribution in [0.1, 0.15) is 37.9 Å². The van der Waals surface area contributed by atoms with Crippen molar-refractivity contribution in [3.63, 3.8) is 0 Å². The molecule has 122 valence electrons. The predicted octanol–water partition coefficient (Wildman–Crippen LogP) is 4.12. The molecule has 0 saturated heterocycles. The molecule has 0 fully saturated rings. The van der Waals surface area contributed by atoms with Gasteiger partial charge in [0.2, 0.25) is 0 Å². The Kier molecular flexibility index (Phi) is 5.45. The van der Waals surface area contributed by atoms with Gasteiger partial charge in [-0.25, -0.2) is 4.79 Å². The zero-order valence-corrected chi connectivity index (χ0v) is 12.9. The van der Waals surface area contributed by atoms with Gasteiger partial charge in [0.1, 0.15) is 17.9 Å². The normalized spacial score (nSPS) is 13.4. The van der Waals surface area contributed by atoms with E-state index >= 15 is 0 Å². The second kappa shape index (κ2) is 6.56. The molecular formula is C14H15ClF3NO3. The maximum atomic E-state index is 13.0. The summed E-state index contributed by atoms with van der Waals surface area (Å²) in [6.07, 6.45) is -5.56. The fourth-order valence-corrected chi connectivity index (χ4v) is 2.00. The fourth-order valence-electron chi connectivity index (χ4n) is 1.71. The summed E-state index contributed by atoms with van der Waals surface area (Å²) in [5.74, 6) is 0. The number of hydrogen-bond donors (Lipinski definition) is 1. The average molecular weight is 338 g/mol. The van der Waals surface area contributed by atoms with Gasteiger partial charge in [-0.05, 0) is 32.9 Å². The smallest absolute Gasteiger partial charge is 0.416 e. The molecule has 0 aliphatic rings. The summed E-state index contributed by atoms with van der Waals surface area (Å²) >= 11 is 5.77. The molecule has 1 N–H and O–H groups in total. The molecule has 1 atom stereocenters. The number of hydrogen-bond acceptors (Lipinski definition) is 3. The van der Waals surface area contributed by atoms with Crippen molar-refractivity contribution in [3.05, 3.63) is 34.3 Å². The quantitative estimate of drug-likeness (QED) is 0.844. The Hall–Kier alpha value is -1.76. The van der Waals surface area contributed by atoms with Gasteiger partial charge in [-0.3, -0.25) is 0 Å². The van der Waals surface area contributed by atoms with E-state index in [0.717, 1.165) is 12.1 Å². The highest BCUT2D eigenvalue weighted by molar-refractivity contribution is 6.31. The van der Waals surface area contributed by atoms with Crippen molar-refractivity contribution in [1.82, 2.24) is 5.32 Å². The lowest BCUT2D eigenvalue weighted by atomic mass is 10.0. The van der Waals surface area contributed by atoms with Gasteiger partial charge in [0.15, 0.2) is 0 Å². The van der Waals surface area contributed by atoms with Gasteiger partial charge in [0.05, 0.1) is 5.56 Å². The second-order valence-corrected chi connectivity index (χ2v) is 5.87. The summed E-state index contributed by atoms with van der Waals surface area (Å²) in [5.41, 5.74) is -2.46. The SMILES string of the molecule is CC(C)(C)OC(=O)NC(C=O)c1c(Cl)cccc1C(F)(F)F. The van der Waals surface area contributed by atoms with E-state index in [9.17, 15) is 22.8 Å².